The lowest BCUT2D eigenvalue weighted by Gasteiger charge is -2.08. The number of hydrogen-bond acceptors (Lipinski definition) is 3. The van der Waals surface area contributed by atoms with Crippen molar-refractivity contribution in [2.24, 2.45) is 0 Å². The molecule has 1 aromatic carbocycles. The van der Waals surface area contributed by atoms with Crippen molar-refractivity contribution in [3.05, 3.63) is 35.5 Å². The third-order valence-corrected chi connectivity index (χ3v) is 3.82. The normalized spacial score (nSPS) is 18.7. The van der Waals surface area contributed by atoms with Crippen LogP contribution in [0.25, 0.3) is 11.3 Å². The molecule has 0 aliphatic carbocycles. The SMILES string of the molecule is COc1ccc(-c2n[nH]c(C3CCCN3)c2C)cc1. The van der Waals surface area contributed by atoms with Crippen LogP contribution in [0.5, 0.6) is 5.75 Å². The summed E-state index contributed by atoms with van der Waals surface area (Å²) in [5.74, 6) is 0.870. The van der Waals surface area contributed by atoms with E-state index in [1.165, 1.54) is 24.1 Å². The first-order chi connectivity index (χ1) is 9.29. The molecule has 0 amide bonds. The molecule has 2 aromatic rings. The molecule has 2 N–H and O–H groups in total. The van der Waals surface area contributed by atoms with Crippen LogP contribution in [0.3, 0.4) is 0 Å². The third kappa shape index (κ3) is 2.24. The van der Waals surface area contributed by atoms with E-state index in [0.717, 1.165) is 23.6 Å². The van der Waals surface area contributed by atoms with E-state index >= 15 is 0 Å². The fraction of sp³-hybridized carbons (Fsp3) is 0.400. The van der Waals surface area contributed by atoms with Crippen LogP contribution in [0.4, 0.5) is 0 Å². The van der Waals surface area contributed by atoms with Crippen LogP contribution >= 0.6 is 0 Å². The molecule has 3 rings (SSSR count). The Morgan fingerprint density at radius 3 is 2.68 bits per heavy atom. The highest BCUT2D eigenvalue weighted by Crippen LogP contribution is 2.30. The zero-order valence-corrected chi connectivity index (χ0v) is 11.4. The average molecular weight is 257 g/mol. The highest BCUT2D eigenvalue weighted by molar-refractivity contribution is 5.64. The zero-order chi connectivity index (χ0) is 13.2. The van der Waals surface area contributed by atoms with Gasteiger partial charge in [0.25, 0.3) is 0 Å². The largest absolute Gasteiger partial charge is 0.497 e. The minimum atomic E-state index is 0.430. The van der Waals surface area contributed by atoms with Crippen molar-refractivity contribution in [3.63, 3.8) is 0 Å². The molecule has 1 saturated heterocycles. The fourth-order valence-electron chi connectivity index (χ4n) is 2.71. The first-order valence-electron chi connectivity index (χ1n) is 6.72. The van der Waals surface area contributed by atoms with E-state index in [1.807, 2.05) is 24.3 Å². The molecule has 1 atom stereocenters. The van der Waals surface area contributed by atoms with E-state index in [1.54, 1.807) is 7.11 Å². The number of ether oxygens (including phenoxy) is 1. The monoisotopic (exact) mass is 257 g/mol. The lowest BCUT2D eigenvalue weighted by atomic mass is 10.0. The lowest BCUT2D eigenvalue weighted by molar-refractivity contribution is 0.415. The summed E-state index contributed by atoms with van der Waals surface area (Å²) in [6.45, 7) is 3.24. The van der Waals surface area contributed by atoms with Crippen molar-refractivity contribution in [1.82, 2.24) is 15.5 Å². The number of methoxy groups -OCH3 is 1. The predicted molar refractivity (Wildman–Crippen MR) is 75.3 cm³/mol. The molecule has 0 saturated carbocycles. The molecular formula is C15H19N3O. The second-order valence-corrected chi connectivity index (χ2v) is 4.99. The van der Waals surface area contributed by atoms with Gasteiger partial charge in [0.05, 0.1) is 18.5 Å². The van der Waals surface area contributed by atoms with Crippen molar-refractivity contribution in [2.75, 3.05) is 13.7 Å². The van der Waals surface area contributed by atoms with Gasteiger partial charge >= 0.3 is 0 Å². The second kappa shape index (κ2) is 5.05. The first kappa shape index (κ1) is 12.2. The summed E-state index contributed by atoms with van der Waals surface area (Å²) in [4.78, 5) is 0. The van der Waals surface area contributed by atoms with Crippen LogP contribution < -0.4 is 10.1 Å². The minimum Gasteiger partial charge on any atom is -0.497 e. The minimum absolute atomic E-state index is 0.430. The van der Waals surface area contributed by atoms with Gasteiger partial charge in [0.2, 0.25) is 0 Å². The molecule has 4 nitrogen and oxygen atoms in total. The summed E-state index contributed by atoms with van der Waals surface area (Å²) in [6.07, 6.45) is 2.42. The van der Waals surface area contributed by atoms with E-state index in [0.29, 0.717) is 6.04 Å². The van der Waals surface area contributed by atoms with Crippen molar-refractivity contribution >= 4 is 0 Å². The Balaban J connectivity index is 1.92. The fourth-order valence-corrected chi connectivity index (χ4v) is 2.71. The van der Waals surface area contributed by atoms with Crippen LogP contribution in [0.1, 0.15) is 30.1 Å². The number of aromatic amines is 1. The molecule has 0 bridgehead atoms. The summed E-state index contributed by atoms with van der Waals surface area (Å²) in [6, 6.07) is 8.47. The predicted octanol–water partition coefficient (Wildman–Crippen LogP) is 2.82. The number of H-pyrrole nitrogens is 1. The Hall–Kier alpha value is -1.81. The van der Waals surface area contributed by atoms with Crippen molar-refractivity contribution < 1.29 is 4.74 Å². The van der Waals surface area contributed by atoms with Gasteiger partial charge in [-0.05, 0) is 56.1 Å². The van der Waals surface area contributed by atoms with E-state index in [2.05, 4.69) is 22.4 Å². The third-order valence-electron chi connectivity index (χ3n) is 3.82. The standard InChI is InChI=1S/C15H19N3O/c1-10-14(11-5-7-12(19-2)8-6-11)17-18-15(10)13-4-3-9-16-13/h5-8,13,16H,3-4,9H2,1-2H3,(H,17,18). The smallest absolute Gasteiger partial charge is 0.118 e. The Bertz CT molecular complexity index is 553. The maximum Gasteiger partial charge on any atom is 0.118 e. The number of benzene rings is 1. The summed E-state index contributed by atoms with van der Waals surface area (Å²) >= 11 is 0. The maximum absolute atomic E-state index is 5.18. The van der Waals surface area contributed by atoms with Crippen LogP contribution in [0.15, 0.2) is 24.3 Å². The van der Waals surface area contributed by atoms with Crippen LogP contribution in [-0.2, 0) is 0 Å². The summed E-state index contributed by atoms with van der Waals surface area (Å²) in [5.41, 5.74) is 4.62. The Morgan fingerprint density at radius 1 is 1.26 bits per heavy atom. The number of nitrogens with zero attached hydrogens (tertiary/aromatic N) is 1. The molecule has 19 heavy (non-hydrogen) atoms. The van der Waals surface area contributed by atoms with Gasteiger partial charge < -0.3 is 10.1 Å². The average Bonchev–Trinajstić information content (AvgIpc) is 3.08. The summed E-state index contributed by atoms with van der Waals surface area (Å²) in [5, 5.41) is 11.2. The molecule has 100 valence electrons. The van der Waals surface area contributed by atoms with E-state index in [9.17, 15) is 0 Å². The molecule has 0 radical (unpaired) electrons. The molecular weight excluding hydrogens is 238 g/mol. The van der Waals surface area contributed by atoms with E-state index in [4.69, 9.17) is 4.74 Å². The maximum atomic E-state index is 5.18. The highest BCUT2D eigenvalue weighted by atomic mass is 16.5. The van der Waals surface area contributed by atoms with Gasteiger partial charge in [-0.1, -0.05) is 0 Å². The van der Waals surface area contributed by atoms with Gasteiger partial charge in [0.1, 0.15) is 5.75 Å². The van der Waals surface area contributed by atoms with Gasteiger partial charge in [-0.2, -0.15) is 5.10 Å². The van der Waals surface area contributed by atoms with Crippen LogP contribution in [0.2, 0.25) is 0 Å². The van der Waals surface area contributed by atoms with E-state index in [-0.39, 0.29) is 0 Å². The van der Waals surface area contributed by atoms with Crippen LogP contribution in [0, 0.1) is 6.92 Å². The topological polar surface area (TPSA) is 49.9 Å². The molecule has 1 aliphatic rings. The number of aromatic nitrogens is 2. The van der Waals surface area contributed by atoms with Crippen LogP contribution in [-0.4, -0.2) is 23.9 Å². The van der Waals surface area contributed by atoms with Gasteiger partial charge in [0, 0.05) is 11.6 Å². The Kier molecular flexibility index (Phi) is 3.25. The zero-order valence-electron chi connectivity index (χ0n) is 11.4. The number of nitrogens with one attached hydrogen (secondary N) is 2. The molecule has 4 heteroatoms. The lowest BCUT2D eigenvalue weighted by Crippen LogP contribution is -2.14. The van der Waals surface area contributed by atoms with Gasteiger partial charge in [-0.15, -0.1) is 0 Å². The van der Waals surface area contributed by atoms with Gasteiger partial charge in [-0.25, -0.2) is 0 Å². The Labute approximate surface area is 113 Å². The molecule has 1 unspecified atom stereocenters. The molecule has 0 spiro atoms. The number of rotatable bonds is 3. The quantitative estimate of drug-likeness (QED) is 0.889. The van der Waals surface area contributed by atoms with E-state index < -0.39 is 0 Å². The van der Waals surface area contributed by atoms with Gasteiger partial charge in [-0.3, -0.25) is 5.10 Å². The summed E-state index contributed by atoms with van der Waals surface area (Å²) < 4.78 is 5.18. The van der Waals surface area contributed by atoms with Crippen molar-refractivity contribution in [2.45, 2.75) is 25.8 Å². The molecule has 1 aliphatic heterocycles. The molecule has 1 fully saturated rings. The summed E-state index contributed by atoms with van der Waals surface area (Å²) in [7, 11) is 1.68. The Morgan fingerprint density at radius 2 is 2.05 bits per heavy atom. The number of hydrogen-bond donors (Lipinski definition) is 2. The second-order valence-electron chi connectivity index (χ2n) is 4.99. The first-order valence-corrected chi connectivity index (χ1v) is 6.72. The highest BCUT2D eigenvalue weighted by Gasteiger charge is 2.22. The molecule has 2 heterocycles. The van der Waals surface area contributed by atoms with Crippen molar-refractivity contribution in [1.29, 1.82) is 0 Å². The van der Waals surface area contributed by atoms with Gasteiger partial charge in [0.15, 0.2) is 0 Å². The van der Waals surface area contributed by atoms with Crippen molar-refractivity contribution in [3.8, 4) is 17.0 Å². The molecule has 1 aromatic heterocycles.